The highest BCUT2D eigenvalue weighted by molar-refractivity contribution is 5.77. The van der Waals surface area contributed by atoms with Gasteiger partial charge in [0.1, 0.15) is 17.2 Å². The van der Waals surface area contributed by atoms with Crippen molar-refractivity contribution >= 4 is 5.97 Å². The van der Waals surface area contributed by atoms with Gasteiger partial charge in [-0.2, -0.15) is 0 Å². The molecule has 4 heteroatoms. The fraction of sp³-hybridized carbons (Fsp3) is 0.188. The van der Waals surface area contributed by atoms with Gasteiger partial charge in [0.15, 0.2) is 0 Å². The maximum absolute atomic E-state index is 11.7. The number of methoxy groups -OCH3 is 1. The van der Waals surface area contributed by atoms with E-state index in [0.29, 0.717) is 5.75 Å². The van der Waals surface area contributed by atoms with Crippen LogP contribution in [0.2, 0.25) is 0 Å². The number of hydrogen-bond acceptors (Lipinski definition) is 4. The van der Waals surface area contributed by atoms with Crippen LogP contribution in [0.15, 0.2) is 42.5 Å². The highest BCUT2D eigenvalue weighted by atomic mass is 16.5. The van der Waals surface area contributed by atoms with Crippen molar-refractivity contribution in [2.75, 3.05) is 7.11 Å². The third-order valence-corrected chi connectivity index (χ3v) is 3.48. The lowest BCUT2D eigenvalue weighted by molar-refractivity contribution is -0.135. The molecular weight excluding hydrogens is 256 g/mol. The second-order valence-corrected chi connectivity index (χ2v) is 4.73. The standard InChI is InChI=1S/C16H14O4/c1-19-12-5-2-10(3-6-12)13-9-16(18)20-15-7-4-11(17)8-14(13)15/h2-8,13,17H,9H2,1H3. The van der Waals surface area contributed by atoms with Crippen LogP contribution >= 0.6 is 0 Å². The fourth-order valence-electron chi connectivity index (χ4n) is 2.48. The van der Waals surface area contributed by atoms with Gasteiger partial charge < -0.3 is 14.6 Å². The number of carbonyl (C=O) groups excluding carboxylic acids is 1. The third-order valence-electron chi connectivity index (χ3n) is 3.48. The van der Waals surface area contributed by atoms with Crippen LogP contribution in [0.25, 0.3) is 0 Å². The number of phenolic OH excluding ortho intramolecular Hbond substituents is 1. The molecule has 1 N–H and O–H groups in total. The molecule has 3 rings (SSSR count). The Kier molecular flexibility index (Phi) is 3.06. The summed E-state index contributed by atoms with van der Waals surface area (Å²) in [5.41, 5.74) is 1.82. The van der Waals surface area contributed by atoms with Crippen molar-refractivity contribution < 1.29 is 19.4 Å². The molecule has 0 spiro atoms. The van der Waals surface area contributed by atoms with Crippen LogP contribution in [0.3, 0.4) is 0 Å². The number of aromatic hydroxyl groups is 1. The number of hydrogen-bond donors (Lipinski definition) is 1. The highest BCUT2D eigenvalue weighted by Gasteiger charge is 2.28. The summed E-state index contributed by atoms with van der Waals surface area (Å²) in [6, 6.07) is 12.4. The minimum atomic E-state index is -0.260. The zero-order chi connectivity index (χ0) is 14.1. The Morgan fingerprint density at radius 3 is 2.65 bits per heavy atom. The first kappa shape index (κ1) is 12.5. The molecular formula is C16H14O4. The molecule has 1 aliphatic rings. The van der Waals surface area contributed by atoms with Gasteiger partial charge in [-0.25, -0.2) is 0 Å². The van der Waals surface area contributed by atoms with Crippen LogP contribution in [0.4, 0.5) is 0 Å². The van der Waals surface area contributed by atoms with Gasteiger partial charge in [-0.1, -0.05) is 12.1 Å². The molecule has 1 aliphatic heterocycles. The van der Waals surface area contributed by atoms with Crippen molar-refractivity contribution in [2.24, 2.45) is 0 Å². The number of benzene rings is 2. The van der Waals surface area contributed by atoms with Gasteiger partial charge in [0, 0.05) is 11.5 Å². The van der Waals surface area contributed by atoms with E-state index in [9.17, 15) is 9.90 Å². The van der Waals surface area contributed by atoms with Crippen LogP contribution in [-0.4, -0.2) is 18.2 Å². The SMILES string of the molecule is COc1ccc(C2CC(=O)Oc3ccc(O)cc32)cc1. The molecule has 102 valence electrons. The smallest absolute Gasteiger partial charge is 0.312 e. The van der Waals surface area contributed by atoms with Crippen LogP contribution in [0, 0.1) is 0 Å². The molecule has 0 amide bonds. The summed E-state index contributed by atoms with van der Waals surface area (Å²) in [6.45, 7) is 0. The molecule has 0 aromatic heterocycles. The quantitative estimate of drug-likeness (QED) is 0.673. The van der Waals surface area contributed by atoms with Gasteiger partial charge >= 0.3 is 5.97 Å². The third kappa shape index (κ3) is 2.20. The maximum Gasteiger partial charge on any atom is 0.312 e. The van der Waals surface area contributed by atoms with Crippen molar-refractivity contribution in [1.29, 1.82) is 0 Å². The number of carbonyl (C=O) groups is 1. The summed E-state index contributed by atoms with van der Waals surface area (Å²) >= 11 is 0. The van der Waals surface area contributed by atoms with Gasteiger partial charge in [-0.3, -0.25) is 4.79 Å². The Bertz CT molecular complexity index is 646. The summed E-state index contributed by atoms with van der Waals surface area (Å²) < 4.78 is 10.3. The normalized spacial score (nSPS) is 17.2. The molecule has 1 unspecified atom stereocenters. The molecule has 0 radical (unpaired) electrons. The molecule has 0 bridgehead atoms. The lowest BCUT2D eigenvalue weighted by atomic mass is 9.86. The molecule has 0 saturated heterocycles. The van der Waals surface area contributed by atoms with E-state index in [4.69, 9.17) is 9.47 Å². The molecule has 4 nitrogen and oxygen atoms in total. The first-order valence-electron chi connectivity index (χ1n) is 6.35. The largest absolute Gasteiger partial charge is 0.508 e. The Morgan fingerprint density at radius 1 is 1.20 bits per heavy atom. The molecule has 1 atom stereocenters. The van der Waals surface area contributed by atoms with Gasteiger partial charge in [0.25, 0.3) is 0 Å². The lowest BCUT2D eigenvalue weighted by Crippen LogP contribution is -2.20. The van der Waals surface area contributed by atoms with Crippen LogP contribution in [0.1, 0.15) is 23.5 Å². The van der Waals surface area contributed by atoms with Gasteiger partial charge in [0.2, 0.25) is 0 Å². The van der Waals surface area contributed by atoms with E-state index in [2.05, 4.69) is 0 Å². The molecule has 2 aromatic carbocycles. The van der Waals surface area contributed by atoms with Crippen molar-refractivity contribution in [3.05, 3.63) is 53.6 Å². The number of ether oxygens (including phenoxy) is 2. The van der Waals surface area contributed by atoms with Crippen molar-refractivity contribution in [1.82, 2.24) is 0 Å². The molecule has 1 heterocycles. The Balaban J connectivity index is 2.04. The second-order valence-electron chi connectivity index (χ2n) is 4.73. The molecule has 0 fully saturated rings. The lowest BCUT2D eigenvalue weighted by Gasteiger charge is -2.25. The summed E-state index contributed by atoms with van der Waals surface area (Å²) in [7, 11) is 1.61. The molecule has 2 aromatic rings. The summed E-state index contributed by atoms with van der Waals surface area (Å²) in [4.78, 5) is 11.7. The van der Waals surface area contributed by atoms with E-state index < -0.39 is 0 Å². The van der Waals surface area contributed by atoms with E-state index in [1.165, 1.54) is 6.07 Å². The minimum absolute atomic E-state index is 0.107. The Hall–Kier alpha value is -2.49. The van der Waals surface area contributed by atoms with Gasteiger partial charge in [-0.15, -0.1) is 0 Å². The van der Waals surface area contributed by atoms with Crippen LogP contribution in [-0.2, 0) is 4.79 Å². The Morgan fingerprint density at radius 2 is 1.95 bits per heavy atom. The minimum Gasteiger partial charge on any atom is -0.508 e. The van der Waals surface area contributed by atoms with Crippen LogP contribution in [0.5, 0.6) is 17.2 Å². The average Bonchev–Trinajstić information content (AvgIpc) is 2.47. The number of esters is 1. The highest BCUT2D eigenvalue weighted by Crippen LogP contribution is 2.40. The molecule has 0 saturated carbocycles. The number of fused-ring (bicyclic) bond motifs is 1. The van der Waals surface area contributed by atoms with E-state index in [0.717, 1.165) is 16.9 Å². The number of rotatable bonds is 2. The summed E-state index contributed by atoms with van der Waals surface area (Å²) in [5.74, 6) is 1.08. The first-order valence-corrected chi connectivity index (χ1v) is 6.35. The average molecular weight is 270 g/mol. The zero-order valence-corrected chi connectivity index (χ0v) is 11.0. The topological polar surface area (TPSA) is 55.8 Å². The zero-order valence-electron chi connectivity index (χ0n) is 11.0. The first-order chi connectivity index (χ1) is 9.67. The van der Waals surface area contributed by atoms with Crippen molar-refractivity contribution in [3.8, 4) is 17.2 Å². The van der Waals surface area contributed by atoms with E-state index in [1.807, 2.05) is 24.3 Å². The number of phenols is 1. The van der Waals surface area contributed by atoms with Gasteiger partial charge in [-0.05, 0) is 35.9 Å². The van der Waals surface area contributed by atoms with Crippen molar-refractivity contribution in [2.45, 2.75) is 12.3 Å². The molecule has 20 heavy (non-hydrogen) atoms. The van der Waals surface area contributed by atoms with Gasteiger partial charge in [0.05, 0.1) is 13.5 Å². The van der Waals surface area contributed by atoms with E-state index >= 15 is 0 Å². The van der Waals surface area contributed by atoms with Crippen LogP contribution < -0.4 is 9.47 Å². The maximum atomic E-state index is 11.7. The predicted molar refractivity (Wildman–Crippen MR) is 73.2 cm³/mol. The predicted octanol–water partition coefficient (Wildman–Crippen LogP) is 2.84. The van der Waals surface area contributed by atoms with E-state index in [-0.39, 0.29) is 24.1 Å². The summed E-state index contributed by atoms with van der Waals surface area (Å²) in [5, 5.41) is 9.64. The van der Waals surface area contributed by atoms with E-state index in [1.54, 1.807) is 19.2 Å². The fourth-order valence-corrected chi connectivity index (χ4v) is 2.48. The van der Waals surface area contributed by atoms with Crippen molar-refractivity contribution in [3.63, 3.8) is 0 Å². The monoisotopic (exact) mass is 270 g/mol. The Labute approximate surface area is 116 Å². The summed E-state index contributed by atoms with van der Waals surface area (Å²) in [6.07, 6.45) is 0.267. The second kappa shape index (κ2) is 4.89. The molecule has 0 aliphatic carbocycles.